The van der Waals surface area contributed by atoms with Crippen LogP contribution in [0.4, 0.5) is 5.69 Å². The lowest BCUT2D eigenvalue weighted by atomic mass is 9.83. The summed E-state index contributed by atoms with van der Waals surface area (Å²) < 4.78 is 0. The van der Waals surface area contributed by atoms with E-state index in [4.69, 9.17) is 0 Å². The van der Waals surface area contributed by atoms with Crippen LogP contribution in [0, 0.1) is 0 Å². The van der Waals surface area contributed by atoms with Gasteiger partial charge in [0.05, 0.1) is 0 Å². The Labute approximate surface area is 176 Å². The van der Waals surface area contributed by atoms with Gasteiger partial charge < -0.3 is 10.2 Å². The first-order valence-corrected chi connectivity index (χ1v) is 11.8. The number of nitrogens with zero attached hydrogens (tertiary/aromatic N) is 2. The highest BCUT2D eigenvalue weighted by Crippen LogP contribution is 2.47. The van der Waals surface area contributed by atoms with Crippen molar-refractivity contribution in [3.63, 3.8) is 0 Å². The van der Waals surface area contributed by atoms with Crippen molar-refractivity contribution in [2.45, 2.75) is 58.3 Å². The van der Waals surface area contributed by atoms with E-state index in [1.807, 2.05) is 0 Å². The topological polar surface area (TPSA) is 18.5 Å². The molecule has 0 unspecified atom stereocenters. The highest BCUT2D eigenvalue weighted by atomic mass is 15.3. The van der Waals surface area contributed by atoms with Gasteiger partial charge in [-0.1, -0.05) is 38.5 Å². The number of unbranched alkanes of at least 4 members (excludes halogenated alkanes) is 2. The average molecular weight is 390 g/mol. The number of hydrogen-bond acceptors (Lipinski definition) is 3. The monoisotopic (exact) mass is 389 g/mol. The molecule has 1 aromatic carbocycles. The highest BCUT2D eigenvalue weighted by Gasteiger charge is 2.33. The molecule has 0 radical (unpaired) electrons. The van der Waals surface area contributed by atoms with Crippen molar-refractivity contribution in [2.24, 2.45) is 0 Å². The molecule has 3 nitrogen and oxygen atoms in total. The summed E-state index contributed by atoms with van der Waals surface area (Å²) >= 11 is 0. The van der Waals surface area contributed by atoms with Gasteiger partial charge in [-0.2, -0.15) is 0 Å². The fraction of sp³-hybridized carbons (Fsp3) is 0.538. The highest BCUT2D eigenvalue weighted by molar-refractivity contribution is 5.86. The summed E-state index contributed by atoms with van der Waals surface area (Å²) in [5.41, 5.74) is 11.6. The van der Waals surface area contributed by atoms with Crippen LogP contribution in [0.2, 0.25) is 0 Å². The Bertz CT molecular complexity index is 868. The van der Waals surface area contributed by atoms with Crippen molar-refractivity contribution in [1.29, 1.82) is 0 Å². The molecule has 1 fully saturated rings. The molecule has 0 spiro atoms. The molecule has 1 aromatic rings. The van der Waals surface area contributed by atoms with Gasteiger partial charge in [0, 0.05) is 55.2 Å². The Hall–Kier alpha value is -2.00. The van der Waals surface area contributed by atoms with Gasteiger partial charge in [-0.15, -0.1) is 0 Å². The molecular weight excluding hydrogens is 354 g/mol. The molecule has 29 heavy (non-hydrogen) atoms. The molecule has 4 aliphatic rings. The van der Waals surface area contributed by atoms with E-state index in [-0.39, 0.29) is 0 Å². The molecule has 2 aliphatic heterocycles. The Morgan fingerprint density at radius 1 is 0.966 bits per heavy atom. The van der Waals surface area contributed by atoms with Crippen molar-refractivity contribution in [3.05, 3.63) is 58.3 Å². The first-order valence-electron chi connectivity index (χ1n) is 11.8. The average Bonchev–Trinajstić information content (AvgIpc) is 3.14. The molecule has 2 aliphatic carbocycles. The predicted molar refractivity (Wildman–Crippen MR) is 123 cm³/mol. The second kappa shape index (κ2) is 8.02. The number of piperazine rings is 1. The predicted octanol–water partition coefficient (Wildman–Crippen LogP) is 5.25. The molecule has 5 rings (SSSR count). The van der Waals surface area contributed by atoms with Crippen LogP contribution in [0.3, 0.4) is 0 Å². The summed E-state index contributed by atoms with van der Waals surface area (Å²) in [5.74, 6) is 0. The summed E-state index contributed by atoms with van der Waals surface area (Å²) in [6.07, 6.45) is 10.2. The molecule has 0 saturated carbocycles. The van der Waals surface area contributed by atoms with Crippen LogP contribution in [0.25, 0.3) is 5.70 Å². The second-order valence-electron chi connectivity index (χ2n) is 9.14. The molecule has 1 saturated heterocycles. The zero-order chi connectivity index (χ0) is 19.8. The molecule has 0 bridgehead atoms. The minimum atomic E-state index is 1.09. The van der Waals surface area contributed by atoms with Gasteiger partial charge in [0.2, 0.25) is 0 Å². The van der Waals surface area contributed by atoms with Crippen LogP contribution < -0.4 is 10.2 Å². The molecule has 154 valence electrons. The summed E-state index contributed by atoms with van der Waals surface area (Å²) in [6, 6.07) is 6.93. The summed E-state index contributed by atoms with van der Waals surface area (Å²) in [6.45, 7) is 12.6. The fourth-order valence-electron chi connectivity index (χ4n) is 5.71. The lowest BCUT2D eigenvalue weighted by molar-refractivity contribution is 0.252. The van der Waals surface area contributed by atoms with Gasteiger partial charge in [-0.25, -0.2) is 0 Å². The minimum Gasteiger partial charge on any atom is -0.369 e. The lowest BCUT2D eigenvalue weighted by Crippen LogP contribution is -2.46. The van der Waals surface area contributed by atoms with E-state index in [1.165, 1.54) is 92.7 Å². The third-order valence-electron chi connectivity index (χ3n) is 7.34. The molecule has 0 aromatic heterocycles. The van der Waals surface area contributed by atoms with E-state index < -0.39 is 0 Å². The quantitative estimate of drug-likeness (QED) is 0.694. The zero-order valence-electron chi connectivity index (χ0n) is 18.0. The van der Waals surface area contributed by atoms with Gasteiger partial charge in [0.1, 0.15) is 0 Å². The Morgan fingerprint density at radius 2 is 1.76 bits per heavy atom. The van der Waals surface area contributed by atoms with Crippen LogP contribution in [0.1, 0.15) is 63.0 Å². The van der Waals surface area contributed by atoms with Gasteiger partial charge in [0.15, 0.2) is 0 Å². The van der Waals surface area contributed by atoms with Crippen LogP contribution >= 0.6 is 0 Å². The van der Waals surface area contributed by atoms with Crippen LogP contribution in [-0.4, -0.2) is 37.6 Å². The Balaban J connectivity index is 1.35. The minimum absolute atomic E-state index is 1.09. The number of fused-ring (bicyclic) bond motifs is 3. The van der Waals surface area contributed by atoms with Gasteiger partial charge >= 0.3 is 0 Å². The maximum Gasteiger partial charge on any atom is 0.0500 e. The van der Waals surface area contributed by atoms with E-state index in [0.29, 0.717) is 0 Å². The molecule has 2 heterocycles. The zero-order valence-corrected chi connectivity index (χ0v) is 18.0. The fourth-order valence-corrected chi connectivity index (χ4v) is 5.71. The van der Waals surface area contributed by atoms with Crippen LogP contribution in [0.15, 0.2) is 47.2 Å². The summed E-state index contributed by atoms with van der Waals surface area (Å²) in [7, 11) is 0. The molecule has 3 heteroatoms. The third kappa shape index (κ3) is 3.44. The second-order valence-corrected chi connectivity index (χ2v) is 9.14. The van der Waals surface area contributed by atoms with Crippen molar-refractivity contribution in [1.82, 2.24) is 10.2 Å². The Morgan fingerprint density at radius 3 is 2.55 bits per heavy atom. The van der Waals surface area contributed by atoms with Gasteiger partial charge in [-0.05, 0) is 67.0 Å². The summed E-state index contributed by atoms with van der Waals surface area (Å²) in [4.78, 5) is 5.29. The first-order chi connectivity index (χ1) is 14.3. The molecule has 0 amide bonds. The van der Waals surface area contributed by atoms with Gasteiger partial charge in [0.25, 0.3) is 0 Å². The van der Waals surface area contributed by atoms with E-state index >= 15 is 0 Å². The normalized spacial score (nSPS) is 21.8. The van der Waals surface area contributed by atoms with Crippen LogP contribution in [0.5, 0.6) is 0 Å². The smallest absolute Gasteiger partial charge is 0.0500 e. The molecule has 0 atom stereocenters. The standard InChI is InChI=1S/C26H35N3/c1-3-4-7-13-28-14-16-29(17-15-28)25-12-8-11-22-23(25)18-24-21-10-6-5-9-20(21)19(2)27-26(22)24/h8,11-12,27H,2-7,9-10,13-18H2,1H3. The maximum absolute atomic E-state index is 4.36. The SMILES string of the molecule is C=C1NC2=C(Cc3c2cccc3N2CCN(CCCCC)CC2)C2=C1CCCC2. The van der Waals surface area contributed by atoms with E-state index in [1.54, 1.807) is 11.1 Å². The van der Waals surface area contributed by atoms with E-state index in [2.05, 4.69) is 46.8 Å². The van der Waals surface area contributed by atoms with Crippen LogP contribution in [-0.2, 0) is 6.42 Å². The number of anilines is 1. The van der Waals surface area contributed by atoms with E-state index in [0.717, 1.165) is 25.2 Å². The van der Waals surface area contributed by atoms with Crippen molar-refractivity contribution >= 4 is 11.4 Å². The number of rotatable bonds is 5. The van der Waals surface area contributed by atoms with Crippen molar-refractivity contribution < 1.29 is 0 Å². The maximum atomic E-state index is 4.36. The van der Waals surface area contributed by atoms with Crippen molar-refractivity contribution in [3.8, 4) is 0 Å². The number of nitrogens with one attached hydrogen (secondary N) is 1. The number of hydrogen-bond donors (Lipinski definition) is 1. The first kappa shape index (κ1) is 19.0. The lowest BCUT2D eigenvalue weighted by Gasteiger charge is -2.37. The number of benzene rings is 1. The molecular formula is C26H35N3. The largest absolute Gasteiger partial charge is 0.369 e. The van der Waals surface area contributed by atoms with E-state index in [9.17, 15) is 0 Å². The van der Waals surface area contributed by atoms with Crippen molar-refractivity contribution in [2.75, 3.05) is 37.6 Å². The number of dihydropyridines is 1. The molecule has 1 N–H and O–H groups in total. The third-order valence-corrected chi connectivity index (χ3v) is 7.34. The summed E-state index contributed by atoms with van der Waals surface area (Å²) in [5, 5.41) is 3.70. The number of allylic oxidation sites excluding steroid dienone is 3. The Kier molecular flexibility index (Phi) is 5.26. The van der Waals surface area contributed by atoms with Gasteiger partial charge in [-0.3, -0.25) is 4.90 Å².